The number of aryl methyl sites for hydroxylation is 1. The summed E-state index contributed by atoms with van der Waals surface area (Å²) >= 11 is 0. The first-order chi connectivity index (χ1) is 8.50. The lowest BCUT2D eigenvalue weighted by molar-refractivity contribution is -0.385. The monoisotopic (exact) mass is 248 g/mol. The minimum absolute atomic E-state index is 0.100. The van der Waals surface area contributed by atoms with Crippen molar-refractivity contribution in [1.29, 1.82) is 0 Å². The average Bonchev–Trinajstić information content (AvgIpc) is 2.74. The molecular formula is C10H8N4O4. The van der Waals surface area contributed by atoms with Gasteiger partial charge in [-0.05, 0) is 6.92 Å². The number of hydrogen-bond donors (Lipinski definition) is 1. The van der Waals surface area contributed by atoms with Crippen molar-refractivity contribution in [3.8, 4) is 5.82 Å². The summed E-state index contributed by atoms with van der Waals surface area (Å²) in [7, 11) is 0. The molecule has 18 heavy (non-hydrogen) atoms. The van der Waals surface area contributed by atoms with E-state index in [1.807, 2.05) is 0 Å². The van der Waals surface area contributed by atoms with E-state index in [2.05, 4.69) is 9.97 Å². The Balaban J connectivity index is 2.65. The Morgan fingerprint density at radius 2 is 2.22 bits per heavy atom. The summed E-state index contributed by atoms with van der Waals surface area (Å²) in [5, 5.41) is 19.7. The van der Waals surface area contributed by atoms with E-state index in [0.29, 0.717) is 5.82 Å². The molecule has 0 aliphatic carbocycles. The van der Waals surface area contributed by atoms with E-state index in [-0.39, 0.29) is 17.1 Å². The SMILES string of the molecule is Cc1nccn1-c1ncc([N+](=O)[O-])cc1C(=O)O. The second-order valence-electron chi connectivity index (χ2n) is 3.47. The molecule has 0 bridgehead atoms. The van der Waals surface area contributed by atoms with E-state index in [9.17, 15) is 14.9 Å². The third kappa shape index (κ3) is 1.90. The number of carboxylic acid groups (broad SMARTS) is 1. The van der Waals surface area contributed by atoms with Gasteiger partial charge < -0.3 is 5.11 Å². The lowest BCUT2D eigenvalue weighted by atomic mass is 10.2. The molecule has 0 saturated carbocycles. The van der Waals surface area contributed by atoms with E-state index in [0.717, 1.165) is 12.3 Å². The topological polar surface area (TPSA) is 111 Å². The highest BCUT2D eigenvalue weighted by molar-refractivity contribution is 5.91. The number of carbonyl (C=O) groups is 1. The van der Waals surface area contributed by atoms with Gasteiger partial charge in [-0.15, -0.1) is 0 Å². The van der Waals surface area contributed by atoms with Gasteiger partial charge in [0.05, 0.1) is 4.92 Å². The number of nitro groups is 1. The number of rotatable bonds is 3. The predicted molar refractivity (Wildman–Crippen MR) is 59.7 cm³/mol. The van der Waals surface area contributed by atoms with Crippen LogP contribution in [0.25, 0.3) is 5.82 Å². The molecule has 0 amide bonds. The lowest BCUT2D eigenvalue weighted by Crippen LogP contribution is -2.09. The van der Waals surface area contributed by atoms with Crippen LogP contribution in [0.1, 0.15) is 16.2 Å². The highest BCUT2D eigenvalue weighted by atomic mass is 16.6. The maximum Gasteiger partial charge on any atom is 0.339 e. The Morgan fingerprint density at radius 3 is 2.72 bits per heavy atom. The number of carboxylic acids is 1. The second kappa shape index (κ2) is 4.24. The summed E-state index contributed by atoms with van der Waals surface area (Å²) in [5.74, 6) is -0.642. The van der Waals surface area contributed by atoms with Gasteiger partial charge in [0.1, 0.15) is 17.6 Å². The minimum atomic E-state index is -1.28. The third-order valence-corrected chi connectivity index (χ3v) is 2.35. The van der Waals surface area contributed by atoms with Gasteiger partial charge >= 0.3 is 5.97 Å². The fourth-order valence-corrected chi connectivity index (χ4v) is 1.50. The van der Waals surface area contributed by atoms with Gasteiger partial charge in [0.15, 0.2) is 5.82 Å². The average molecular weight is 248 g/mol. The molecule has 2 aromatic heterocycles. The maximum absolute atomic E-state index is 11.1. The maximum atomic E-state index is 11.1. The van der Waals surface area contributed by atoms with Crippen molar-refractivity contribution in [1.82, 2.24) is 14.5 Å². The van der Waals surface area contributed by atoms with Gasteiger partial charge in [-0.2, -0.15) is 0 Å². The highest BCUT2D eigenvalue weighted by Crippen LogP contribution is 2.19. The molecule has 1 N–H and O–H groups in total. The second-order valence-corrected chi connectivity index (χ2v) is 3.47. The van der Waals surface area contributed by atoms with Crippen LogP contribution in [-0.4, -0.2) is 30.5 Å². The first-order valence-corrected chi connectivity index (χ1v) is 4.88. The zero-order valence-corrected chi connectivity index (χ0v) is 9.27. The molecule has 0 aliphatic rings. The van der Waals surface area contributed by atoms with Crippen molar-refractivity contribution < 1.29 is 14.8 Å². The molecule has 8 heteroatoms. The van der Waals surface area contributed by atoms with Gasteiger partial charge in [0.25, 0.3) is 5.69 Å². The number of imidazole rings is 1. The van der Waals surface area contributed by atoms with Gasteiger partial charge in [-0.25, -0.2) is 14.8 Å². The van der Waals surface area contributed by atoms with Crippen LogP contribution in [0, 0.1) is 17.0 Å². The summed E-state index contributed by atoms with van der Waals surface area (Å²) in [5.41, 5.74) is -0.612. The molecule has 0 radical (unpaired) electrons. The van der Waals surface area contributed by atoms with Crippen LogP contribution in [-0.2, 0) is 0 Å². The molecule has 0 spiro atoms. The number of hydrogen-bond acceptors (Lipinski definition) is 5. The summed E-state index contributed by atoms with van der Waals surface area (Å²) in [4.78, 5) is 28.8. The molecule has 2 heterocycles. The molecule has 2 rings (SSSR count). The first-order valence-electron chi connectivity index (χ1n) is 4.88. The zero-order valence-electron chi connectivity index (χ0n) is 9.27. The highest BCUT2D eigenvalue weighted by Gasteiger charge is 2.19. The standard InChI is InChI=1S/C10H8N4O4/c1-6-11-2-3-13(6)9-8(10(15)16)4-7(5-12-9)14(17)18/h2-5H,1H3,(H,15,16). The number of pyridine rings is 1. The molecule has 0 saturated heterocycles. The van der Waals surface area contributed by atoms with E-state index >= 15 is 0 Å². The van der Waals surface area contributed by atoms with Gasteiger partial charge in [0, 0.05) is 18.5 Å². The Hall–Kier alpha value is -2.77. The van der Waals surface area contributed by atoms with Gasteiger partial charge in [-0.1, -0.05) is 0 Å². The minimum Gasteiger partial charge on any atom is -0.478 e. The summed E-state index contributed by atoms with van der Waals surface area (Å²) in [6.07, 6.45) is 4.04. The van der Waals surface area contributed by atoms with Crippen LogP contribution in [0.4, 0.5) is 5.69 Å². The van der Waals surface area contributed by atoms with E-state index in [1.165, 1.54) is 17.0 Å². The van der Waals surface area contributed by atoms with Crippen molar-refractivity contribution in [3.05, 3.63) is 46.2 Å². The van der Waals surface area contributed by atoms with Crippen molar-refractivity contribution in [3.63, 3.8) is 0 Å². The molecule has 0 unspecified atom stereocenters. The fraction of sp³-hybridized carbons (Fsp3) is 0.100. The summed E-state index contributed by atoms with van der Waals surface area (Å²) < 4.78 is 1.45. The molecule has 0 aliphatic heterocycles. The molecule has 2 aromatic rings. The van der Waals surface area contributed by atoms with Crippen LogP contribution in [0.5, 0.6) is 0 Å². The van der Waals surface area contributed by atoms with Crippen LogP contribution < -0.4 is 0 Å². The van der Waals surface area contributed by atoms with Crippen molar-refractivity contribution in [2.75, 3.05) is 0 Å². The van der Waals surface area contributed by atoms with Gasteiger partial charge in [0.2, 0.25) is 0 Å². The lowest BCUT2D eigenvalue weighted by Gasteiger charge is -2.07. The Morgan fingerprint density at radius 1 is 1.50 bits per heavy atom. The molecule has 8 nitrogen and oxygen atoms in total. The summed E-state index contributed by atoms with van der Waals surface area (Å²) in [6.45, 7) is 1.68. The van der Waals surface area contributed by atoms with Crippen LogP contribution in [0.15, 0.2) is 24.7 Å². The number of nitrogens with zero attached hydrogens (tertiary/aromatic N) is 4. The molecule has 0 atom stereocenters. The van der Waals surface area contributed by atoms with Crippen LogP contribution in [0.2, 0.25) is 0 Å². The van der Waals surface area contributed by atoms with Crippen molar-refractivity contribution in [2.24, 2.45) is 0 Å². The van der Waals surface area contributed by atoms with E-state index in [1.54, 1.807) is 6.92 Å². The summed E-state index contributed by atoms with van der Waals surface area (Å²) in [6, 6.07) is 0.976. The van der Waals surface area contributed by atoms with Gasteiger partial charge in [-0.3, -0.25) is 14.7 Å². The molecule has 92 valence electrons. The quantitative estimate of drug-likeness (QED) is 0.644. The Kier molecular flexibility index (Phi) is 2.76. The third-order valence-electron chi connectivity index (χ3n) is 2.35. The van der Waals surface area contributed by atoms with E-state index in [4.69, 9.17) is 5.11 Å². The van der Waals surface area contributed by atoms with E-state index < -0.39 is 10.9 Å². The van der Waals surface area contributed by atoms with Crippen molar-refractivity contribution in [2.45, 2.75) is 6.92 Å². The normalized spacial score (nSPS) is 10.3. The number of aromatic carboxylic acids is 1. The fourth-order valence-electron chi connectivity index (χ4n) is 1.50. The number of aromatic nitrogens is 3. The Labute approximate surface area is 101 Å². The molecule has 0 aromatic carbocycles. The van der Waals surface area contributed by atoms with Crippen LogP contribution >= 0.6 is 0 Å². The predicted octanol–water partition coefficient (Wildman–Crippen LogP) is 1.18. The zero-order chi connectivity index (χ0) is 13.3. The first kappa shape index (κ1) is 11.7. The van der Waals surface area contributed by atoms with Crippen molar-refractivity contribution >= 4 is 11.7 Å². The molecule has 0 fully saturated rings. The largest absolute Gasteiger partial charge is 0.478 e. The van der Waals surface area contributed by atoms with Crippen LogP contribution in [0.3, 0.4) is 0 Å². The Bertz CT molecular complexity index is 635. The smallest absolute Gasteiger partial charge is 0.339 e. The molecular weight excluding hydrogens is 240 g/mol.